The highest BCUT2D eigenvalue weighted by atomic mass is 19.1. The Balaban J connectivity index is 1.61. The van der Waals surface area contributed by atoms with Crippen LogP contribution in [0.5, 0.6) is 0 Å². The molecule has 1 amide bonds. The number of imidazole rings is 1. The van der Waals surface area contributed by atoms with Crippen molar-refractivity contribution >= 4 is 17.2 Å². The van der Waals surface area contributed by atoms with E-state index in [2.05, 4.69) is 9.88 Å². The lowest BCUT2D eigenvalue weighted by atomic mass is 10.0. The Kier molecular flexibility index (Phi) is 5.27. The third-order valence-corrected chi connectivity index (χ3v) is 6.03. The smallest absolute Gasteiger partial charge is 0.251 e. The summed E-state index contributed by atoms with van der Waals surface area (Å²) in [6.07, 6.45) is 5.30. The minimum Gasteiger partial charge on any atom is -0.375 e. The Morgan fingerprint density at radius 1 is 1.22 bits per heavy atom. The Hall–Kier alpha value is -3.10. The van der Waals surface area contributed by atoms with Crippen molar-refractivity contribution in [1.82, 2.24) is 14.3 Å². The van der Waals surface area contributed by atoms with Gasteiger partial charge in [0.1, 0.15) is 17.3 Å². The fraction of sp³-hybridized carbons (Fsp3) is 0.333. The summed E-state index contributed by atoms with van der Waals surface area (Å²) in [5, 5.41) is 0. The zero-order chi connectivity index (χ0) is 22.4. The van der Waals surface area contributed by atoms with Crippen LogP contribution in [0.1, 0.15) is 11.3 Å². The summed E-state index contributed by atoms with van der Waals surface area (Å²) >= 11 is 0. The largest absolute Gasteiger partial charge is 0.375 e. The van der Waals surface area contributed by atoms with E-state index in [1.54, 1.807) is 6.08 Å². The first-order valence-corrected chi connectivity index (χ1v) is 10.7. The monoisotopic (exact) mass is 438 g/mol. The number of likely N-dealkylation sites (N-methyl/N-ethyl adjacent to an activating group) is 1. The van der Waals surface area contributed by atoms with Gasteiger partial charge < -0.3 is 18.9 Å². The minimum absolute atomic E-state index is 0.104. The molecule has 4 heterocycles. The lowest BCUT2D eigenvalue weighted by molar-refractivity contribution is -0.113. The number of nitrogens with zero attached hydrogens (tertiary/aromatic N) is 4. The molecule has 0 spiro atoms. The average Bonchev–Trinajstić information content (AvgIpc) is 3.31. The maximum Gasteiger partial charge on any atom is 0.251 e. The van der Waals surface area contributed by atoms with E-state index in [1.165, 1.54) is 23.1 Å². The summed E-state index contributed by atoms with van der Waals surface area (Å²) in [4.78, 5) is 20.1. The highest BCUT2D eigenvalue weighted by molar-refractivity contribution is 6.04. The van der Waals surface area contributed by atoms with Crippen LogP contribution in [0.15, 0.2) is 42.6 Å². The van der Waals surface area contributed by atoms with Gasteiger partial charge in [-0.25, -0.2) is 13.8 Å². The van der Waals surface area contributed by atoms with Crippen LogP contribution in [0.4, 0.5) is 14.5 Å². The van der Waals surface area contributed by atoms with E-state index in [0.717, 1.165) is 18.7 Å². The summed E-state index contributed by atoms with van der Waals surface area (Å²) in [7, 11) is 2.03. The lowest BCUT2D eigenvalue weighted by Crippen LogP contribution is -2.41. The number of anilines is 1. The van der Waals surface area contributed by atoms with Crippen molar-refractivity contribution < 1.29 is 18.3 Å². The highest BCUT2D eigenvalue weighted by Gasteiger charge is 2.27. The fourth-order valence-electron chi connectivity index (χ4n) is 4.41. The van der Waals surface area contributed by atoms with E-state index in [0.29, 0.717) is 30.9 Å². The van der Waals surface area contributed by atoms with Gasteiger partial charge in [0.05, 0.1) is 35.3 Å². The maximum absolute atomic E-state index is 15.3. The first-order chi connectivity index (χ1) is 15.4. The summed E-state index contributed by atoms with van der Waals surface area (Å²) in [5.41, 5.74) is 2.60. The average molecular weight is 438 g/mol. The van der Waals surface area contributed by atoms with E-state index in [9.17, 15) is 4.79 Å². The fourth-order valence-corrected chi connectivity index (χ4v) is 4.41. The number of carbonyl (C=O) groups is 1. The standard InChI is InChI=1S/C24H24F2N4O2/c1-15-5-7-30-20(13-17-14-28(2)8-9-32-17)24(27-21(30)10-15)23-18(25)11-16(12-19(23)26)29-6-3-4-22(29)31/h3-5,7,10-12,17H,6,8-9,13-14H2,1-2H3. The predicted octanol–water partition coefficient (Wildman–Crippen LogP) is 3.36. The maximum atomic E-state index is 15.3. The van der Waals surface area contributed by atoms with Crippen molar-refractivity contribution in [3.8, 4) is 11.3 Å². The number of ether oxygens (including phenoxy) is 1. The number of rotatable bonds is 4. The molecular formula is C24H24F2N4O2. The molecule has 3 aromatic rings. The molecule has 32 heavy (non-hydrogen) atoms. The molecule has 0 aliphatic carbocycles. The molecule has 2 aliphatic heterocycles. The minimum atomic E-state index is -0.747. The molecule has 6 nitrogen and oxygen atoms in total. The second kappa shape index (κ2) is 8.11. The molecular weight excluding hydrogens is 414 g/mol. The number of fused-ring (bicyclic) bond motifs is 1. The molecule has 2 aromatic heterocycles. The number of benzene rings is 1. The van der Waals surface area contributed by atoms with Crippen LogP contribution in [0.25, 0.3) is 16.9 Å². The third kappa shape index (κ3) is 3.69. The van der Waals surface area contributed by atoms with Gasteiger partial charge >= 0.3 is 0 Å². The predicted molar refractivity (Wildman–Crippen MR) is 118 cm³/mol. The highest BCUT2D eigenvalue weighted by Crippen LogP contribution is 2.34. The Labute approximate surface area is 184 Å². The van der Waals surface area contributed by atoms with Crippen LogP contribution in [0, 0.1) is 18.6 Å². The SMILES string of the molecule is Cc1ccn2c(CC3CN(C)CCO3)c(-c3c(F)cc(N4CC=CC4=O)cc3F)nc2c1. The Bertz CT molecular complexity index is 1210. The number of carbonyl (C=O) groups excluding carboxylic acids is 1. The molecule has 0 bridgehead atoms. The number of amides is 1. The van der Waals surface area contributed by atoms with Crippen LogP contribution in [0.3, 0.4) is 0 Å². The van der Waals surface area contributed by atoms with Gasteiger partial charge in [0, 0.05) is 38.3 Å². The third-order valence-electron chi connectivity index (χ3n) is 6.03. The van der Waals surface area contributed by atoms with Crippen LogP contribution in [0.2, 0.25) is 0 Å². The number of pyridine rings is 1. The Morgan fingerprint density at radius 2 is 2.00 bits per heavy atom. The molecule has 2 aliphatic rings. The van der Waals surface area contributed by atoms with Gasteiger partial charge in [0.2, 0.25) is 0 Å². The second-order valence-electron chi connectivity index (χ2n) is 8.43. The van der Waals surface area contributed by atoms with E-state index in [1.807, 2.05) is 36.7 Å². The molecule has 1 fully saturated rings. The van der Waals surface area contributed by atoms with Crippen molar-refractivity contribution in [1.29, 1.82) is 0 Å². The molecule has 0 radical (unpaired) electrons. The van der Waals surface area contributed by atoms with Gasteiger partial charge in [-0.3, -0.25) is 4.79 Å². The number of aromatic nitrogens is 2. The van der Waals surface area contributed by atoms with Gasteiger partial charge in [-0.15, -0.1) is 0 Å². The second-order valence-corrected chi connectivity index (χ2v) is 8.43. The number of hydrogen-bond acceptors (Lipinski definition) is 4. The normalized spacial score (nSPS) is 19.4. The summed E-state index contributed by atoms with van der Waals surface area (Å²) < 4.78 is 38.4. The van der Waals surface area contributed by atoms with Crippen molar-refractivity contribution in [2.75, 3.05) is 38.2 Å². The topological polar surface area (TPSA) is 50.1 Å². The van der Waals surface area contributed by atoms with Crippen LogP contribution >= 0.6 is 0 Å². The Morgan fingerprint density at radius 3 is 2.69 bits per heavy atom. The van der Waals surface area contributed by atoms with Crippen molar-refractivity contribution in [2.24, 2.45) is 0 Å². The quantitative estimate of drug-likeness (QED) is 0.627. The molecule has 1 saturated heterocycles. The van der Waals surface area contributed by atoms with E-state index in [4.69, 9.17) is 4.74 Å². The number of morpholine rings is 1. The van der Waals surface area contributed by atoms with E-state index >= 15 is 8.78 Å². The lowest BCUT2D eigenvalue weighted by Gasteiger charge is -2.30. The molecule has 1 aromatic carbocycles. The molecule has 5 rings (SSSR count). The first-order valence-electron chi connectivity index (χ1n) is 10.7. The zero-order valence-electron chi connectivity index (χ0n) is 18.0. The van der Waals surface area contributed by atoms with Gasteiger partial charge in [-0.1, -0.05) is 6.08 Å². The molecule has 8 heteroatoms. The van der Waals surface area contributed by atoms with Crippen LogP contribution in [-0.4, -0.2) is 59.6 Å². The van der Waals surface area contributed by atoms with Gasteiger partial charge in [0.25, 0.3) is 5.91 Å². The van der Waals surface area contributed by atoms with Gasteiger partial charge in [-0.2, -0.15) is 0 Å². The van der Waals surface area contributed by atoms with Crippen LogP contribution in [-0.2, 0) is 16.0 Å². The van der Waals surface area contributed by atoms with Crippen molar-refractivity contribution in [2.45, 2.75) is 19.4 Å². The molecule has 166 valence electrons. The zero-order valence-corrected chi connectivity index (χ0v) is 18.0. The van der Waals surface area contributed by atoms with Crippen LogP contribution < -0.4 is 4.90 Å². The summed E-state index contributed by atoms with van der Waals surface area (Å²) in [5.74, 6) is -1.79. The molecule has 0 N–H and O–H groups in total. The molecule has 1 unspecified atom stereocenters. The van der Waals surface area contributed by atoms with Crippen molar-refractivity contribution in [3.63, 3.8) is 0 Å². The van der Waals surface area contributed by atoms with Gasteiger partial charge in [0.15, 0.2) is 0 Å². The number of halogens is 2. The number of hydrogen-bond donors (Lipinski definition) is 0. The molecule has 1 atom stereocenters. The number of aryl methyl sites for hydroxylation is 1. The molecule has 0 saturated carbocycles. The summed E-state index contributed by atoms with van der Waals surface area (Å²) in [6, 6.07) is 6.23. The van der Waals surface area contributed by atoms with Crippen molar-refractivity contribution in [3.05, 3.63) is 65.5 Å². The first kappa shape index (κ1) is 20.8. The van der Waals surface area contributed by atoms with E-state index in [-0.39, 0.29) is 29.0 Å². The summed E-state index contributed by atoms with van der Waals surface area (Å²) in [6.45, 7) is 4.44. The van der Waals surface area contributed by atoms with Gasteiger partial charge in [-0.05, 0) is 43.8 Å². The van der Waals surface area contributed by atoms with E-state index < -0.39 is 11.6 Å².